The fourth-order valence-corrected chi connectivity index (χ4v) is 2.10. The van der Waals surface area contributed by atoms with Crippen molar-refractivity contribution in [1.29, 1.82) is 0 Å². The van der Waals surface area contributed by atoms with Gasteiger partial charge in [-0.2, -0.15) is 0 Å². The molecule has 0 aromatic rings. The van der Waals surface area contributed by atoms with Gasteiger partial charge in [0.2, 0.25) is 0 Å². The number of carbonyl (C=O) groups is 2. The second-order valence-electron chi connectivity index (χ2n) is 6.72. The maximum atomic E-state index is 11.2. The summed E-state index contributed by atoms with van der Waals surface area (Å²) in [6.07, 6.45) is -1.13. The Kier molecular flexibility index (Phi) is 29.3. The molecule has 36 heavy (non-hydrogen) atoms. The number of nitrogens with two attached hydrogens (primary N) is 1. The number of rotatable bonds is 23. The highest BCUT2D eigenvalue weighted by Gasteiger charge is 2.14. The summed E-state index contributed by atoms with van der Waals surface area (Å²) in [5, 5.41) is 3.32. The molecule has 0 fully saturated rings. The number of carbonyl (C=O) groups excluding carboxylic acids is 2. The lowest BCUT2D eigenvalue weighted by Crippen LogP contribution is -2.25. The molecule has 0 saturated heterocycles. The molecule has 0 unspecified atom stereocenters. The Morgan fingerprint density at radius 2 is 1.11 bits per heavy atom. The highest BCUT2D eigenvalue weighted by atomic mass is 16.6. The zero-order chi connectivity index (χ0) is 27.3. The van der Waals surface area contributed by atoms with Crippen LogP contribution in [0.3, 0.4) is 0 Å². The normalized spacial score (nSPS) is 12.0. The van der Waals surface area contributed by atoms with Crippen LogP contribution in [-0.4, -0.2) is 117 Å². The molecule has 0 radical (unpaired) electrons. The summed E-state index contributed by atoms with van der Waals surface area (Å²) < 4.78 is 40.7. The number of hydrogen-bond donors (Lipinski definition) is 1. The summed E-state index contributed by atoms with van der Waals surface area (Å²) in [7, 11) is 0. The van der Waals surface area contributed by atoms with E-state index in [1.807, 2.05) is 0 Å². The maximum Gasteiger partial charge on any atom is 0.334 e. The van der Waals surface area contributed by atoms with Crippen LogP contribution in [0.1, 0.15) is 27.7 Å². The molecule has 212 valence electrons. The summed E-state index contributed by atoms with van der Waals surface area (Å²) >= 11 is 0. The Balaban J connectivity index is 0. The fourth-order valence-electron chi connectivity index (χ4n) is 2.10. The molecule has 0 amide bonds. The van der Waals surface area contributed by atoms with Gasteiger partial charge >= 0.3 is 11.9 Å². The first-order valence-corrected chi connectivity index (χ1v) is 12.0. The molecular weight excluding hydrogens is 480 g/mol. The van der Waals surface area contributed by atoms with Crippen LogP contribution in [0, 0.1) is 0 Å². The zero-order valence-corrected chi connectivity index (χ0v) is 22.1. The number of azide groups is 1. The van der Waals surface area contributed by atoms with Crippen LogP contribution in [-0.2, 0) is 47.5 Å². The van der Waals surface area contributed by atoms with Crippen molar-refractivity contribution < 1.29 is 47.5 Å². The minimum Gasteiger partial charge on any atom is -0.464 e. The molecule has 14 heteroatoms. The van der Waals surface area contributed by atoms with Gasteiger partial charge in [-0.15, -0.1) is 0 Å². The zero-order valence-electron chi connectivity index (χ0n) is 22.1. The van der Waals surface area contributed by atoms with Gasteiger partial charge in [0.1, 0.15) is 0 Å². The predicted octanol–water partition coefficient (Wildman–Crippen LogP) is 1.24. The molecule has 0 aliphatic rings. The molecule has 0 aromatic carbocycles. The molecule has 2 atom stereocenters. The summed E-state index contributed by atoms with van der Waals surface area (Å²) in [6.45, 7) is 12.6. The standard InChI is InChI=1S/C11H21N3O5.C11H23NO5/c1-3-18-11(15)10(2)19-9-8-17-7-6-16-5-4-13-14-12;1-3-16-11(13)10(2)17-9-8-15-7-6-14-5-4-12/h10H,3-9H2,1-2H3;10H,3-9,12H2,1-2H3/t2*10-/m00/s1. The second kappa shape index (κ2) is 29.2. The third kappa shape index (κ3) is 26.6. The van der Waals surface area contributed by atoms with Gasteiger partial charge in [-0.3, -0.25) is 0 Å². The lowest BCUT2D eigenvalue weighted by Gasteiger charge is -2.11. The summed E-state index contributed by atoms with van der Waals surface area (Å²) in [5.74, 6) is -0.720. The average Bonchev–Trinajstić information content (AvgIpc) is 2.87. The minimum absolute atomic E-state index is 0.316. The van der Waals surface area contributed by atoms with Crippen molar-refractivity contribution >= 4 is 11.9 Å². The first-order chi connectivity index (χ1) is 17.4. The smallest absolute Gasteiger partial charge is 0.334 e. The molecule has 2 N–H and O–H groups in total. The monoisotopic (exact) mass is 524 g/mol. The highest BCUT2D eigenvalue weighted by Crippen LogP contribution is 1.95. The van der Waals surface area contributed by atoms with Gasteiger partial charge in [-0.05, 0) is 33.2 Å². The summed E-state index contributed by atoms with van der Waals surface area (Å²) in [6, 6.07) is 0. The minimum atomic E-state index is -0.580. The SMILES string of the molecule is CCOC(=O)[C@H](C)OCCOCCOCCN.CCOC(=O)[C@H](C)OCCOCCOCCN=[N+]=[N-]. The van der Waals surface area contributed by atoms with E-state index in [1.165, 1.54) is 0 Å². The topological polar surface area (TPSA) is 183 Å². The van der Waals surface area contributed by atoms with E-state index in [4.69, 9.17) is 49.2 Å². The van der Waals surface area contributed by atoms with Gasteiger partial charge < -0.3 is 43.6 Å². The molecule has 14 nitrogen and oxygen atoms in total. The van der Waals surface area contributed by atoms with Gasteiger partial charge in [-0.25, -0.2) is 9.59 Å². The van der Waals surface area contributed by atoms with Crippen molar-refractivity contribution in [2.45, 2.75) is 39.9 Å². The third-order valence-electron chi connectivity index (χ3n) is 3.83. The van der Waals surface area contributed by atoms with Crippen LogP contribution >= 0.6 is 0 Å². The Bertz CT molecular complexity index is 565. The van der Waals surface area contributed by atoms with Crippen molar-refractivity contribution in [2.24, 2.45) is 10.8 Å². The molecule has 0 spiro atoms. The molecule has 0 rings (SSSR count). The number of esters is 2. The van der Waals surface area contributed by atoms with Crippen LogP contribution in [0.5, 0.6) is 0 Å². The molecule has 0 aliphatic carbocycles. The van der Waals surface area contributed by atoms with E-state index in [0.717, 1.165) is 0 Å². The predicted molar refractivity (Wildman–Crippen MR) is 130 cm³/mol. The largest absolute Gasteiger partial charge is 0.464 e. The van der Waals surface area contributed by atoms with E-state index >= 15 is 0 Å². The maximum absolute atomic E-state index is 11.2. The summed E-state index contributed by atoms with van der Waals surface area (Å²) in [5.41, 5.74) is 13.3. The number of hydrogen-bond acceptors (Lipinski definition) is 12. The molecule has 0 aliphatic heterocycles. The first-order valence-electron chi connectivity index (χ1n) is 12.0. The van der Waals surface area contributed by atoms with E-state index in [1.54, 1.807) is 27.7 Å². The van der Waals surface area contributed by atoms with E-state index in [0.29, 0.717) is 92.4 Å². The molecular formula is C22H44N4O10. The Morgan fingerprint density at radius 3 is 1.50 bits per heavy atom. The number of ether oxygens (including phenoxy) is 8. The van der Waals surface area contributed by atoms with Crippen molar-refractivity contribution in [3.63, 3.8) is 0 Å². The molecule has 0 aromatic heterocycles. The van der Waals surface area contributed by atoms with Crippen LogP contribution in [0.2, 0.25) is 0 Å². The van der Waals surface area contributed by atoms with Gasteiger partial charge in [0, 0.05) is 18.0 Å². The third-order valence-corrected chi connectivity index (χ3v) is 3.83. The van der Waals surface area contributed by atoms with Crippen molar-refractivity contribution in [3.05, 3.63) is 10.4 Å². The van der Waals surface area contributed by atoms with Crippen molar-refractivity contribution in [3.8, 4) is 0 Å². The first kappa shape index (κ1) is 36.1. The number of nitrogens with zero attached hydrogens (tertiary/aromatic N) is 3. The van der Waals surface area contributed by atoms with Gasteiger partial charge in [-0.1, -0.05) is 5.11 Å². The van der Waals surface area contributed by atoms with E-state index in [-0.39, 0.29) is 11.9 Å². The fraction of sp³-hybridized carbons (Fsp3) is 0.909. The highest BCUT2D eigenvalue weighted by molar-refractivity contribution is 5.74. The van der Waals surface area contributed by atoms with Crippen LogP contribution in [0.25, 0.3) is 10.4 Å². The van der Waals surface area contributed by atoms with Crippen LogP contribution < -0.4 is 5.73 Å². The molecule has 0 saturated carbocycles. The van der Waals surface area contributed by atoms with Crippen molar-refractivity contribution in [1.82, 2.24) is 0 Å². The van der Waals surface area contributed by atoms with Gasteiger partial charge in [0.25, 0.3) is 0 Å². The van der Waals surface area contributed by atoms with E-state index in [9.17, 15) is 9.59 Å². The Labute approximate surface area is 213 Å². The lowest BCUT2D eigenvalue weighted by molar-refractivity contribution is -0.157. The average molecular weight is 525 g/mol. The quantitative estimate of drug-likeness (QED) is 0.0667. The Hall–Kier alpha value is -2.03. The lowest BCUT2D eigenvalue weighted by atomic mass is 10.4. The second-order valence-corrected chi connectivity index (χ2v) is 6.72. The summed E-state index contributed by atoms with van der Waals surface area (Å²) in [4.78, 5) is 25.0. The molecule has 0 heterocycles. The van der Waals surface area contributed by atoms with Crippen LogP contribution in [0.4, 0.5) is 0 Å². The van der Waals surface area contributed by atoms with Gasteiger partial charge in [0.15, 0.2) is 12.2 Å². The van der Waals surface area contributed by atoms with Crippen LogP contribution in [0.15, 0.2) is 5.11 Å². The van der Waals surface area contributed by atoms with E-state index < -0.39 is 12.2 Å². The van der Waals surface area contributed by atoms with Gasteiger partial charge in [0.05, 0.1) is 79.3 Å². The van der Waals surface area contributed by atoms with E-state index in [2.05, 4.69) is 10.0 Å². The molecule has 0 bridgehead atoms. The van der Waals surface area contributed by atoms with Crippen molar-refractivity contribution in [2.75, 3.05) is 92.4 Å². The Morgan fingerprint density at radius 1 is 0.722 bits per heavy atom.